The second-order valence-corrected chi connectivity index (χ2v) is 8.14. The second kappa shape index (κ2) is 9.21. The summed E-state index contributed by atoms with van der Waals surface area (Å²) in [5.41, 5.74) is 0.0409. The monoisotopic (exact) mass is 501 g/mol. The maximum Gasteiger partial charge on any atom is 0.419 e. The number of aromatic nitrogens is 3. The third-order valence-electron chi connectivity index (χ3n) is 5.81. The van der Waals surface area contributed by atoms with E-state index in [0.717, 1.165) is 28.0 Å². The zero-order chi connectivity index (χ0) is 25.4. The molecule has 0 atom stereocenters. The first-order valence-corrected chi connectivity index (χ1v) is 10.9. The summed E-state index contributed by atoms with van der Waals surface area (Å²) in [7, 11) is 0. The van der Waals surface area contributed by atoms with Gasteiger partial charge in [-0.2, -0.15) is 13.2 Å². The number of nitrogens with one attached hydrogen (secondary N) is 1. The number of aliphatic hydroxyl groups is 1. The van der Waals surface area contributed by atoms with E-state index in [1.165, 1.54) is 12.5 Å². The number of hydrogen-bond acceptors (Lipinski definition) is 6. The van der Waals surface area contributed by atoms with Crippen molar-refractivity contribution in [2.45, 2.75) is 19.3 Å². The van der Waals surface area contributed by atoms with Crippen LogP contribution in [0.5, 0.6) is 11.6 Å². The Balaban J connectivity index is 1.36. The Bertz CT molecular complexity index is 1450. The molecule has 0 bridgehead atoms. The van der Waals surface area contributed by atoms with Gasteiger partial charge in [0.1, 0.15) is 12.1 Å². The first-order chi connectivity index (χ1) is 17.2. The molecule has 8 nitrogen and oxygen atoms in total. The molecule has 0 radical (unpaired) electrons. The van der Waals surface area contributed by atoms with Gasteiger partial charge >= 0.3 is 12.2 Å². The maximum atomic E-state index is 14.3. The number of benzene rings is 2. The fourth-order valence-electron chi connectivity index (χ4n) is 4.10. The van der Waals surface area contributed by atoms with Crippen LogP contribution in [0.3, 0.4) is 0 Å². The number of alkyl halides is 3. The van der Waals surface area contributed by atoms with Gasteiger partial charge in [0, 0.05) is 31.2 Å². The van der Waals surface area contributed by atoms with Gasteiger partial charge in [0.05, 0.1) is 34.6 Å². The van der Waals surface area contributed by atoms with Crippen LogP contribution in [0.15, 0.2) is 55.0 Å². The number of amides is 1. The molecule has 0 fully saturated rings. The Morgan fingerprint density at radius 3 is 2.75 bits per heavy atom. The van der Waals surface area contributed by atoms with Crippen LogP contribution in [0.2, 0.25) is 0 Å². The van der Waals surface area contributed by atoms with Crippen molar-refractivity contribution in [3.8, 4) is 11.6 Å². The van der Waals surface area contributed by atoms with E-state index in [1.54, 1.807) is 24.3 Å². The van der Waals surface area contributed by atoms with Crippen LogP contribution in [0.1, 0.15) is 16.8 Å². The third kappa shape index (κ3) is 4.48. The van der Waals surface area contributed by atoms with Gasteiger partial charge in [-0.1, -0.05) is 6.07 Å². The second-order valence-electron chi connectivity index (χ2n) is 8.14. The van der Waals surface area contributed by atoms with Crippen LogP contribution >= 0.6 is 0 Å². The van der Waals surface area contributed by atoms with E-state index in [0.29, 0.717) is 48.2 Å². The zero-order valence-corrected chi connectivity index (χ0v) is 18.6. The van der Waals surface area contributed by atoms with Gasteiger partial charge in [0.2, 0.25) is 5.88 Å². The summed E-state index contributed by atoms with van der Waals surface area (Å²) in [6.45, 7) is 1.65. The van der Waals surface area contributed by atoms with Gasteiger partial charge < -0.3 is 15.2 Å². The molecule has 4 aromatic rings. The molecule has 0 unspecified atom stereocenters. The highest BCUT2D eigenvalue weighted by molar-refractivity contribution is 5.98. The minimum absolute atomic E-state index is 0.0270. The Morgan fingerprint density at radius 1 is 1.14 bits per heavy atom. The fourth-order valence-corrected chi connectivity index (χ4v) is 4.10. The van der Waals surface area contributed by atoms with Gasteiger partial charge in [-0.15, -0.1) is 0 Å². The number of carbonyl (C=O) groups is 1. The molecule has 2 aromatic heterocycles. The van der Waals surface area contributed by atoms with Gasteiger partial charge in [-0.25, -0.2) is 19.2 Å². The number of ether oxygens (including phenoxy) is 1. The van der Waals surface area contributed by atoms with Gasteiger partial charge in [-0.3, -0.25) is 9.47 Å². The van der Waals surface area contributed by atoms with E-state index in [-0.39, 0.29) is 6.61 Å². The number of anilines is 1. The molecule has 0 spiro atoms. The lowest BCUT2D eigenvalue weighted by Gasteiger charge is -2.13. The molecule has 0 saturated carbocycles. The predicted molar refractivity (Wildman–Crippen MR) is 121 cm³/mol. The lowest BCUT2D eigenvalue weighted by atomic mass is 10.2. The summed E-state index contributed by atoms with van der Waals surface area (Å²) in [4.78, 5) is 23.2. The minimum Gasteiger partial charge on any atom is -0.439 e. The van der Waals surface area contributed by atoms with Crippen LogP contribution in [-0.4, -0.2) is 43.7 Å². The summed E-state index contributed by atoms with van der Waals surface area (Å²) >= 11 is 0. The number of nitrogens with zero attached hydrogens (tertiary/aromatic N) is 4. The predicted octanol–water partition coefficient (Wildman–Crippen LogP) is 4.77. The molecule has 0 saturated heterocycles. The molecule has 1 aliphatic rings. The summed E-state index contributed by atoms with van der Waals surface area (Å²) in [5, 5.41) is 12.0. The average Bonchev–Trinajstić information content (AvgIpc) is 3.44. The van der Waals surface area contributed by atoms with Crippen molar-refractivity contribution in [3.63, 3.8) is 0 Å². The zero-order valence-electron chi connectivity index (χ0n) is 18.6. The van der Waals surface area contributed by atoms with Crippen LogP contribution in [0, 0.1) is 5.82 Å². The maximum absolute atomic E-state index is 14.3. The number of rotatable bonds is 5. The molecule has 5 rings (SSSR count). The lowest BCUT2D eigenvalue weighted by molar-refractivity contribution is -0.139. The number of fused-ring (bicyclic) bond motifs is 2. The van der Waals surface area contributed by atoms with Crippen molar-refractivity contribution in [2.75, 3.05) is 18.5 Å². The van der Waals surface area contributed by atoms with Gasteiger partial charge in [-0.05, 0) is 36.4 Å². The molecule has 2 aromatic carbocycles. The average molecular weight is 501 g/mol. The molecule has 1 amide bonds. The highest BCUT2D eigenvalue weighted by atomic mass is 19.4. The van der Waals surface area contributed by atoms with E-state index in [4.69, 9.17) is 4.74 Å². The van der Waals surface area contributed by atoms with Crippen molar-refractivity contribution in [1.82, 2.24) is 19.4 Å². The van der Waals surface area contributed by atoms with Crippen molar-refractivity contribution >= 4 is 22.6 Å². The number of aliphatic hydroxyl groups excluding tert-OH is 1. The van der Waals surface area contributed by atoms with E-state index in [2.05, 4.69) is 15.3 Å². The first kappa shape index (κ1) is 23.7. The lowest BCUT2D eigenvalue weighted by Crippen LogP contribution is -2.20. The van der Waals surface area contributed by atoms with Crippen molar-refractivity contribution in [1.29, 1.82) is 0 Å². The largest absolute Gasteiger partial charge is 0.439 e. The Hall–Kier alpha value is -4.03. The molecular weight excluding hydrogens is 482 g/mol. The third-order valence-corrected chi connectivity index (χ3v) is 5.81. The number of β-amino-alcohol motifs (C(OH)–C–C–N with tert-alkyl or cyclic N) is 1. The molecule has 36 heavy (non-hydrogen) atoms. The van der Waals surface area contributed by atoms with Gasteiger partial charge in [0.25, 0.3) is 0 Å². The first-order valence-electron chi connectivity index (χ1n) is 10.9. The molecule has 3 heterocycles. The number of halogens is 4. The number of carbonyl (C=O) groups excluding carboxylic acids is 1. The van der Waals surface area contributed by atoms with E-state index >= 15 is 0 Å². The Kier molecular flexibility index (Phi) is 6.06. The standard InChI is InChI=1S/C24H19F4N5O3/c25-21-17(24(26,27)28)2-1-3-18(21)31-23(35)33-7-6-14-10-15(4-5-20(14)33)36-22-16-11-32(8-9-34)12-19(16)29-13-30-22/h1-7,10,13,34H,8-9,11-12H2,(H,31,35). The Morgan fingerprint density at radius 2 is 1.97 bits per heavy atom. The normalized spacial score (nSPS) is 13.7. The van der Waals surface area contributed by atoms with Crippen LogP contribution in [-0.2, 0) is 19.3 Å². The van der Waals surface area contributed by atoms with Gasteiger partial charge in [0.15, 0.2) is 5.82 Å². The summed E-state index contributed by atoms with van der Waals surface area (Å²) < 4.78 is 60.4. The van der Waals surface area contributed by atoms with Crippen molar-refractivity contribution < 1.29 is 32.2 Å². The summed E-state index contributed by atoms with van der Waals surface area (Å²) in [6, 6.07) is 8.38. The van der Waals surface area contributed by atoms with E-state index < -0.39 is 29.3 Å². The SMILES string of the molecule is O=C(Nc1cccc(C(F)(F)F)c1F)n1ccc2cc(Oc3ncnc4c3CN(CCO)C4)ccc21. The topological polar surface area (TPSA) is 92.5 Å². The molecule has 12 heteroatoms. The molecular formula is C24H19F4N5O3. The molecule has 186 valence electrons. The summed E-state index contributed by atoms with van der Waals surface area (Å²) in [5.74, 6) is -0.719. The molecule has 1 aliphatic heterocycles. The van der Waals surface area contributed by atoms with Crippen LogP contribution < -0.4 is 10.1 Å². The van der Waals surface area contributed by atoms with E-state index in [9.17, 15) is 27.5 Å². The van der Waals surface area contributed by atoms with Crippen LogP contribution in [0.25, 0.3) is 10.9 Å². The van der Waals surface area contributed by atoms with Crippen molar-refractivity contribution in [3.05, 3.63) is 77.6 Å². The summed E-state index contributed by atoms with van der Waals surface area (Å²) in [6.07, 6.45) is -2.06. The van der Waals surface area contributed by atoms with Crippen molar-refractivity contribution in [2.24, 2.45) is 0 Å². The highest BCUT2D eigenvalue weighted by Crippen LogP contribution is 2.35. The molecule has 2 N–H and O–H groups in total. The van der Waals surface area contributed by atoms with Crippen LogP contribution in [0.4, 0.5) is 28.0 Å². The number of hydrogen-bond donors (Lipinski definition) is 2. The smallest absolute Gasteiger partial charge is 0.419 e. The molecule has 0 aliphatic carbocycles. The van der Waals surface area contributed by atoms with E-state index in [1.807, 2.05) is 4.90 Å². The minimum atomic E-state index is -4.89. The quantitative estimate of drug-likeness (QED) is 0.383. The Labute approximate surface area is 201 Å². The fraction of sp³-hybridized carbons (Fsp3) is 0.208. The highest BCUT2D eigenvalue weighted by Gasteiger charge is 2.35.